The second kappa shape index (κ2) is 9.76. The van der Waals surface area contributed by atoms with Crippen molar-refractivity contribution in [1.29, 1.82) is 0 Å². The second-order valence-electron chi connectivity index (χ2n) is 8.77. The van der Waals surface area contributed by atoms with Crippen LogP contribution in [0, 0.1) is 0 Å². The lowest BCUT2D eigenvalue weighted by Gasteiger charge is -2.15. The van der Waals surface area contributed by atoms with E-state index < -0.39 is 5.69 Å². The van der Waals surface area contributed by atoms with Crippen molar-refractivity contribution in [2.75, 3.05) is 19.8 Å². The van der Waals surface area contributed by atoms with Gasteiger partial charge in [-0.25, -0.2) is 9.36 Å². The zero-order valence-electron chi connectivity index (χ0n) is 19.3. The highest BCUT2D eigenvalue weighted by atomic mass is 32.1. The molecule has 2 aliphatic rings. The number of carbonyl (C=O) groups excluding carboxylic acids is 1. The monoisotopic (exact) mass is 483 g/mol. The summed E-state index contributed by atoms with van der Waals surface area (Å²) in [4.78, 5) is 41.8. The number of rotatable bonds is 7. The molecule has 5 rings (SSSR count). The number of ether oxygens (including phenoxy) is 2. The molecular weight excluding hydrogens is 454 g/mol. The van der Waals surface area contributed by atoms with Gasteiger partial charge < -0.3 is 14.8 Å². The first-order chi connectivity index (χ1) is 16.6. The summed E-state index contributed by atoms with van der Waals surface area (Å²) in [6.45, 7) is 3.43. The molecule has 0 radical (unpaired) electrons. The van der Waals surface area contributed by atoms with Crippen LogP contribution in [0.2, 0.25) is 0 Å². The average Bonchev–Trinajstić information content (AvgIpc) is 3.50. The summed E-state index contributed by atoms with van der Waals surface area (Å²) in [6, 6.07) is 6.91. The van der Waals surface area contributed by atoms with Gasteiger partial charge in [0.1, 0.15) is 17.1 Å². The fourth-order valence-corrected chi connectivity index (χ4v) is 6.20. The zero-order valence-corrected chi connectivity index (χ0v) is 20.1. The number of aryl methyl sites for hydroxylation is 2. The molecule has 1 aliphatic heterocycles. The number of fused-ring (bicyclic) bond motifs is 3. The number of aromatic nitrogens is 2. The molecule has 2 aromatic heterocycles. The van der Waals surface area contributed by atoms with E-state index in [9.17, 15) is 14.4 Å². The van der Waals surface area contributed by atoms with Crippen LogP contribution in [0.3, 0.4) is 0 Å². The lowest BCUT2D eigenvalue weighted by atomic mass is 9.97. The molecule has 0 bridgehead atoms. The Morgan fingerprint density at radius 1 is 1.18 bits per heavy atom. The molecule has 3 aromatic rings. The van der Waals surface area contributed by atoms with E-state index in [1.807, 2.05) is 6.92 Å². The van der Waals surface area contributed by atoms with Crippen LogP contribution >= 0.6 is 11.3 Å². The SMILES string of the molecule is CCOc1ccc(-n2c(=O)c3c4c(sc3n(CC(=O)NC[C@H]3CCCO3)c2=O)CCCC4)cc1. The van der Waals surface area contributed by atoms with Gasteiger partial charge >= 0.3 is 5.69 Å². The maximum atomic E-state index is 13.6. The Labute approximate surface area is 201 Å². The van der Waals surface area contributed by atoms with Crippen molar-refractivity contribution in [2.45, 2.75) is 58.1 Å². The predicted molar refractivity (Wildman–Crippen MR) is 131 cm³/mol. The molecule has 180 valence electrons. The van der Waals surface area contributed by atoms with Crippen LogP contribution in [0.1, 0.15) is 43.0 Å². The van der Waals surface area contributed by atoms with Crippen molar-refractivity contribution in [3.05, 3.63) is 55.5 Å². The minimum absolute atomic E-state index is 0.0209. The number of nitrogens with zero attached hydrogens (tertiary/aromatic N) is 2. The summed E-state index contributed by atoms with van der Waals surface area (Å²) in [6.07, 6.45) is 5.74. The van der Waals surface area contributed by atoms with Crippen LogP contribution in [-0.2, 0) is 28.9 Å². The Balaban J connectivity index is 1.58. The quantitative estimate of drug-likeness (QED) is 0.558. The molecule has 1 atom stereocenters. The van der Waals surface area contributed by atoms with Gasteiger partial charge in [-0.1, -0.05) is 0 Å². The number of benzene rings is 1. The lowest BCUT2D eigenvalue weighted by Crippen LogP contribution is -2.42. The molecule has 0 saturated carbocycles. The fourth-order valence-electron chi connectivity index (χ4n) is 4.83. The third-order valence-electron chi connectivity index (χ3n) is 6.50. The molecule has 1 fully saturated rings. The molecule has 8 nitrogen and oxygen atoms in total. The average molecular weight is 484 g/mol. The molecule has 1 amide bonds. The number of amides is 1. The van der Waals surface area contributed by atoms with Gasteiger partial charge in [0.25, 0.3) is 5.56 Å². The summed E-state index contributed by atoms with van der Waals surface area (Å²) >= 11 is 1.48. The molecule has 1 saturated heterocycles. The number of nitrogens with one attached hydrogen (secondary N) is 1. The van der Waals surface area contributed by atoms with Crippen LogP contribution in [0.25, 0.3) is 15.9 Å². The highest BCUT2D eigenvalue weighted by Crippen LogP contribution is 2.34. The molecule has 0 unspecified atom stereocenters. The number of thiophene rings is 1. The first kappa shape index (κ1) is 22.9. The fraction of sp³-hybridized carbons (Fsp3) is 0.480. The van der Waals surface area contributed by atoms with Crippen molar-refractivity contribution in [2.24, 2.45) is 0 Å². The standard InChI is InChI=1S/C25H29N3O5S/c1-2-32-17-11-9-16(10-12-17)28-23(30)22-19-7-3-4-8-20(19)34-24(22)27(25(28)31)15-21(29)26-14-18-6-5-13-33-18/h9-12,18H,2-8,13-15H2,1H3,(H,26,29)/t18-/m1/s1. The Hall–Kier alpha value is -2.91. The van der Waals surface area contributed by atoms with Gasteiger partial charge in [0.2, 0.25) is 5.91 Å². The molecule has 1 N–H and O–H groups in total. The van der Waals surface area contributed by atoms with Crippen LogP contribution in [-0.4, -0.2) is 40.9 Å². The maximum Gasteiger partial charge on any atom is 0.337 e. The van der Waals surface area contributed by atoms with Gasteiger partial charge in [0.05, 0.1) is 23.8 Å². The minimum atomic E-state index is -0.507. The zero-order chi connectivity index (χ0) is 23.7. The number of hydrogen-bond acceptors (Lipinski definition) is 6. The van der Waals surface area contributed by atoms with Crippen molar-refractivity contribution in [1.82, 2.24) is 14.5 Å². The Bertz CT molecular complexity index is 1320. The third-order valence-corrected chi connectivity index (χ3v) is 7.81. The topological polar surface area (TPSA) is 91.6 Å². The normalized spacial score (nSPS) is 17.6. The van der Waals surface area contributed by atoms with E-state index in [2.05, 4.69) is 5.32 Å². The van der Waals surface area contributed by atoms with Crippen LogP contribution in [0.4, 0.5) is 0 Å². The van der Waals surface area contributed by atoms with Gasteiger partial charge in [-0.2, -0.15) is 0 Å². The first-order valence-corrected chi connectivity index (χ1v) is 12.8. The summed E-state index contributed by atoms with van der Waals surface area (Å²) in [7, 11) is 0. The van der Waals surface area contributed by atoms with Crippen LogP contribution in [0.15, 0.2) is 33.9 Å². The minimum Gasteiger partial charge on any atom is -0.494 e. The third kappa shape index (κ3) is 4.30. The molecule has 3 heterocycles. The molecule has 0 spiro atoms. The van der Waals surface area contributed by atoms with Crippen molar-refractivity contribution < 1.29 is 14.3 Å². The van der Waals surface area contributed by atoms with Crippen molar-refractivity contribution >= 4 is 27.5 Å². The predicted octanol–water partition coefficient (Wildman–Crippen LogP) is 2.79. The lowest BCUT2D eigenvalue weighted by molar-refractivity contribution is -0.122. The summed E-state index contributed by atoms with van der Waals surface area (Å²) < 4.78 is 13.7. The van der Waals surface area contributed by atoms with E-state index >= 15 is 0 Å². The molecule has 9 heteroatoms. The first-order valence-electron chi connectivity index (χ1n) is 12.0. The number of carbonyl (C=O) groups is 1. The van der Waals surface area contributed by atoms with Gasteiger partial charge in [-0.05, 0) is 75.3 Å². The highest BCUT2D eigenvalue weighted by Gasteiger charge is 2.25. The van der Waals surface area contributed by atoms with Crippen LogP contribution < -0.4 is 21.3 Å². The summed E-state index contributed by atoms with van der Waals surface area (Å²) in [5.41, 5.74) is 0.668. The Morgan fingerprint density at radius 2 is 1.97 bits per heavy atom. The van der Waals surface area contributed by atoms with E-state index in [4.69, 9.17) is 9.47 Å². The largest absolute Gasteiger partial charge is 0.494 e. The Kier molecular flexibility index (Phi) is 6.56. The number of hydrogen-bond donors (Lipinski definition) is 1. The van der Waals surface area contributed by atoms with Gasteiger partial charge in [0.15, 0.2) is 0 Å². The van der Waals surface area contributed by atoms with E-state index in [0.717, 1.165) is 49.0 Å². The van der Waals surface area contributed by atoms with Crippen molar-refractivity contribution in [3.8, 4) is 11.4 Å². The van der Waals surface area contributed by atoms with Gasteiger partial charge in [-0.15, -0.1) is 11.3 Å². The molecule has 1 aliphatic carbocycles. The second-order valence-corrected chi connectivity index (χ2v) is 9.85. The van der Waals surface area contributed by atoms with Crippen LogP contribution in [0.5, 0.6) is 5.75 Å². The summed E-state index contributed by atoms with van der Waals surface area (Å²) in [5, 5.41) is 3.47. The summed E-state index contributed by atoms with van der Waals surface area (Å²) in [5.74, 6) is 0.407. The Morgan fingerprint density at radius 3 is 2.71 bits per heavy atom. The molecule has 1 aromatic carbocycles. The van der Waals surface area contributed by atoms with E-state index in [1.54, 1.807) is 24.3 Å². The van der Waals surface area contributed by atoms with Gasteiger partial charge in [0, 0.05) is 18.0 Å². The highest BCUT2D eigenvalue weighted by molar-refractivity contribution is 7.18. The van der Waals surface area contributed by atoms with Crippen molar-refractivity contribution in [3.63, 3.8) is 0 Å². The smallest absolute Gasteiger partial charge is 0.337 e. The maximum absolute atomic E-state index is 13.6. The van der Waals surface area contributed by atoms with E-state index in [1.165, 1.54) is 20.5 Å². The molecular formula is C25H29N3O5S. The molecule has 34 heavy (non-hydrogen) atoms. The van der Waals surface area contributed by atoms with E-state index in [-0.39, 0.29) is 24.1 Å². The van der Waals surface area contributed by atoms with Gasteiger partial charge in [-0.3, -0.25) is 14.2 Å². The van der Waals surface area contributed by atoms with E-state index in [0.29, 0.717) is 41.4 Å².